The second kappa shape index (κ2) is 8.21. The molecule has 1 N–H and O–H groups in total. The molecule has 0 aliphatic rings. The lowest BCUT2D eigenvalue weighted by atomic mass is 9.89. The van der Waals surface area contributed by atoms with E-state index in [1.165, 1.54) is 36.5 Å². The largest absolute Gasteiger partial charge is 0.573 e. The quantitative estimate of drug-likeness (QED) is 0.499. The van der Waals surface area contributed by atoms with E-state index in [4.69, 9.17) is 0 Å². The molecule has 0 aliphatic heterocycles. The zero-order chi connectivity index (χ0) is 21.0. The molecule has 0 amide bonds. The Morgan fingerprint density at radius 1 is 1.10 bits per heavy atom. The van der Waals surface area contributed by atoms with E-state index >= 15 is 0 Å². The van der Waals surface area contributed by atoms with E-state index in [1.54, 1.807) is 0 Å². The molecule has 150 valence electrons. The summed E-state index contributed by atoms with van der Waals surface area (Å²) in [5, 5.41) is 5.78. The average Bonchev–Trinajstić information content (AvgIpc) is 2.67. The van der Waals surface area contributed by atoms with Crippen molar-refractivity contribution in [2.75, 3.05) is 0 Å². The Hall–Kier alpha value is -3.56. The van der Waals surface area contributed by atoms with Crippen LogP contribution in [0.5, 0.6) is 5.75 Å². The van der Waals surface area contributed by atoms with Crippen LogP contribution in [-0.2, 0) is 0 Å². The standard InChI is InChI=1S/C19H13F4N3O3/c20-14-2-1-9-24-18(14)13(10-16(27)15-7-8-17(28)26-25-15)11-3-5-12(6-4-11)29-19(21,22)23/h1-9,13H,10H2,(H,26,28)/t13-/m0/s1. The zero-order valence-corrected chi connectivity index (χ0v) is 14.6. The lowest BCUT2D eigenvalue weighted by Gasteiger charge is -2.17. The zero-order valence-electron chi connectivity index (χ0n) is 14.6. The number of alkyl halides is 3. The van der Waals surface area contributed by atoms with Gasteiger partial charge in [0.15, 0.2) is 5.78 Å². The second-order valence-corrected chi connectivity index (χ2v) is 5.97. The molecule has 0 radical (unpaired) electrons. The Morgan fingerprint density at radius 2 is 1.83 bits per heavy atom. The van der Waals surface area contributed by atoms with Crippen molar-refractivity contribution in [3.63, 3.8) is 0 Å². The summed E-state index contributed by atoms with van der Waals surface area (Å²) in [7, 11) is 0. The van der Waals surface area contributed by atoms with Gasteiger partial charge in [-0.25, -0.2) is 9.49 Å². The van der Waals surface area contributed by atoms with Crippen molar-refractivity contribution in [2.45, 2.75) is 18.7 Å². The maximum absolute atomic E-state index is 14.3. The predicted octanol–water partition coefficient (Wildman–Crippen LogP) is 3.61. The van der Waals surface area contributed by atoms with Crippen LogP contribution in [0.2, 0.25) is 0 Å². The van der Waals surface area contributed by atoms with Gasteiger partial charge < -0.3 is 4.74 Å². The molecule has 3 rings (SSSR count). The first-order chi connectivity index (χ1) is 13.7. The summed E-state index contributed by atoms with van der Waals surface area (Å²) in [6.07, 6.45) is -3.78. The number of H-pyrrole nitrogens is 1. The number of rotatable bonds is 6. The topological polar surface area (TPSA) is 84.9 Å². The first-order valence-corrected chi connectivity index (χ1v) is 8.28. The highest BCUT2D eigenvalue weighted by molar-refractivity contribution is 5.94. The predicted molar refractivity (Wildman–Crippen MR) is 93.0 cm³/mol. The van der Waals surface area contributed by atoms with Gasteiger partial charge in [-0.3, -0.25) is 14.6 Å². The maximum Gasteiger partial charge on any atom is 0.573 e. The Kier molecular flexibility index (Phi) is 5.71. The summed E-state index contributed by atoms with van der Waals surface area (Å²) < 4.78 is 55.2. The molecule has 0 unspecified atom stereocenters. The Balaban J connectivity index is 1.93. The molecular weight excluding hydrogens is 394 g/mol. The highest BCUT2D eigenvalue weighted by Crippen LogP contribution is 2.31. The minimum Gasteiger partial charge on any atom is -0.406 e. The fraction of sp³-hybridized carbons (Fsp3) is 0.158. The summed E-state index contributed by atoms with van der Waals surface area (Å²) in [5.74, 6) is -2.52. The molecule has 29 heavy (non-hydrogen) atoms. The van der Waals surface area contributed by atoms with Crippen molar-refractivity contribution in [1.29, 1.82) is 0 Å². The van der Waals surface area contributed by atoms with Gasteiger partial charge in [0.1, 0.15) is 17.3 Å². The number of nitrogens with one attached hydrogen (secondary N) is 1. The third-order valence-corrected chi connectivity index (χ3v) is 3.99. The molecule has 2 heterocycles. The molecule has 0 saturated carbocycles. The number of ether oxygens (including phenoxy) is 1. The van der Waals surface area contributed by atoms with Crippen LogP contribution in [0.15, 0.2) is 59.5 Å². The second-order valence-electron chi connectivity index (χ2n) is 5.97. The average molecular weight is 407 g/mol. The molecule has 3 aromatic rings. The van der Waals surface area contributed by atoms with E-state index in [9.17, 15) is 27.2 Å². The first-order valence-electron chi connectivity index (χ1n) is 8.28. The molecule has 0 saturated heterocycles. The molecule has 1 atom stereocenters. The normalized spacial score (nSPS) is 12.4. The van der Waals surface area contributed by atoms with E-state index < -0.39 is 35.2 Å². The summed E-state index contributed by atoms with van der Waals surface area (Å²) in [4.78, 5) is 27.7. The van der Waals surface area contributed by atoms with E-state index in [1.807, 2.05) is 0 Å². The van der Waals surface area contributed by atoms with Crippen LogP contribution in [0.3, 0.4) is 0 Å². The van der Waals surface area contributed by atoms with Gasteiger partial charge in [0.25, 0.3) is 5.56 Å². The lowest BCUT2D eigenvalue weighted by Crippen LogP contribution is -2.17. The van der Waals surface area contributed by atoms with E-state index in [2.05, 4.69) is 19.9 Å². The van der Waals surface area contributed by atoms with Gasteiger partial charge in [-0.1, -0.05) is 12.1 Å². The fourth-order valence-corrected chi connectivity index (χ4v) is 2.72. The van der Waals surface area contributed by atoms with Crippen molar-refractivity contribution in [2.24, 2.45) is 0 Å². The number of benzene rings is 1. The van der Waals surface area contributed by atoms with Crippen LogP contribution in [0.1, 0.15) is 34.1 Å². The van der Waals surface area contributed by atoms with Gasteiger partial charge in [-0.05, 0) is 35.9 Å². The number of ketones is 1. The minimum atomic E-state index is -4.85. The molecular formula is C19H13F4N3O3. The van der Waals surface area contributed by atoms with Crippen molar-refractivity contribution >= 4 is 5.78 Å². The number of carbonyl (C=O) groups excluding carboxylic acids is 1. The third kappa shape index (κ3) is 5.24. The molecule has 1 aromatic carbocycles. The van der Waals surface area contributed by atoms with Gasteiger partial charge in [-0.2, -0.15) is 5.10 Å². The van der Waals surface area contributed by atoms with Gasteiger partial charge >= 0.3 is 6.36 Å². The summed E-state index contributed by atoms with van der Waals surface area (Å²) in [6, 6.07) is 9.63. The summed E-state index contributed by atoms with van der Waals surface area (Å²) in [5.41, 5.74) is -0.221. The Morgan fingerprint density at radius 3 is 2.41 bits per heavy atom. The van der Waals surface area contributed by atoms with E-state index in [-0.39, 0.29) is 17.8 Å². The monoisotopic (exact) mass is 407 g/mol. The number of nitrogens with zero attached hydrogens (tertiary/aromatic N) is 2. The van der Waals surface area contributed by atoms with Crippen molar-refractivity contribution in [1.82, 2.24) is 15.2 Å². The number of hydrogen-bond acceptors (Lipinski definition) is 5. The number of hydrogen-bond donors (Lipinski definition) is 1. The van der Waals surface area contributed by atoms with Crippen LogP contribution in [-0.4, -0.2) is 27.3 Å². The van der Waals surface area contributed by atoms with E-state index in [0.29, 0.717) is 5.56 Å². The smallest absolute Gasteiger partial charge is 0.406 e. The van der Waals surface area contributed by atoms with Crippen molar-refractivity contribution < 1.29 is 27.1 Å². The molecule has 6 nitrogen and oxygen atoms in total. The number of halogens is 4. The summed E-state index contributed by atoms with van der Waals surface area (Å²) in [6.45, 7) is 0. The van der Waals surface area contributed by atoms with Crippen LogP contribution in [0.4, 0.5) is 17.6 Å². The van der Waals surface area contributed by atoms with Crippen LogP contribution < -0.4 is 10.3 Å². The number of pyridine rings is 1. The van der Waals surface area contributed by atoms with Gasteiger partial charge in [0.2, 0.25) is 0 Å². The van der Waals surface area contributed by atoms with Gasteiger partial charge in [-0.15, -0.1) is 13.2 Å². The molecule has 0 fully saturated rings. The molecule has 0 aliphatic carbocycles. The Bertz CT molecular complexity index is 1040. The van der Waals surface area contributed by atoms with Crippen LogP contribution in [0, 0.1) is 5.82 Å². The minimum absolute atomic E-state index is 0.0389. The van der Waals surface area contributed by atoms with Crippen molar-refractivity contribution in [3.05, 3.63) is 87.9 Å². The van der Waals surface area contributed by atoms with Crippen LogP contribution in [0.25, 0.3) is 0 Å². The SMILES string of the molecule is O=C(C[C@@H](c1ccc(OC(F)(F)F)cc1)c1ncccc1F)c1ccc(=O)[nH]n1. The fourth-order valence-electron chi connectivity index (χ4n) is 2.72. The molecule has 0 bridgehead atoms. The highest BCUT2D eigenvalue weighted by Gasteiger charge is 2.31. The maximum atomic E-state index is 14.3. The molecule has 10 heteroatoms. The third-order valence-electron chi connectivity index (χ3n) is 3.99. The molecule has 0 spiro atoms. The number of aromatic amines is 1. The summed E-state index contributed by atoms with van der Waals surface area (Å²) >= 11 is 0. The number of Topliss-reactive ketones (excluding diaryl/α,β-unsaturated/α-hetero) is 1. The first kappa shape index (κ1) is 20.2. The van der Waals surface area contributed by atoms with Crippen LogP contribution >= 0.6 is 0 Å². The molecule has 2 aromatic heterocycles. The van der Waals surface area contributed by atoms with Gasteiger partial charge in [0, 0.05) is 24.6 Å². The van der Waals surface area contributed by atoms with E-state index in [0.717, 1.165) is 18.2 Å². The van der Waals surface area contributed by atoms with Crippen molar-refractivity contribution in [3.8, 4) is 5.75 Å². The Labute approximate surface area is 161 Å². The van der Waals surface area contributed by atoms with Gasteiger partial charge in [0.05, 0.1) is 5.69 Å². The highest BCUT2D eigenvalue weighted by atomic mass is 19.4. The number of aromatic nitrogens is 3. The number of carbonyl (C=O) groups is 1. The lowest BCUT2D eigenvalue weighted by molar-refractivity contribution is -0.274.